The van der Waals surface area contributed by atoms with Crippen molar-refractivity contribution in [3.8, 4) is 5.75 Å². The molecule has 6 heteroatoms. The highest BCUT2D eigenvalue weighted by Crippen LogP contribution is 2.90. The quantitative estimate of drug-likeness (QED) is 0.542. The number of phenolic OH excluding ortho intramolecular Hbond substituents is 1. The van der Waals surface area contributed by atoms with Crippen molar-refractivity contribution in [3.63, 3.8) is 0 Å². The van der Waals surface area contributed by atoms with Gasteiger partial charge in [-0.1, -0.05) is 12.1 Å². The summed E-state index contributed by atoms with van der Waals surface area (Å²) in [6, 6.07) is 14.2. The molecule has 4 aliphatic carbocycles. The molecule has 1 N–H and O–H groups in total. The third kappa shape index (κ3) is 2.26. The van der Waals surface area contributed by atoms with Crippen LogP contribution in [0.1, 0.15) is 46.7 Å². The highest BCUT2D eigenvalue weighted by atomic mass is 32.1. The highest BCUT2D eigenvalue weighted by Gasteiger charge is 2.93. The van der Waals surface area contributed by atoms with E-state index in [1.54, 1.807) is 0 Å². The van der Waals surface area contributed by atoms with Crippen LogP contribution in [0.3, 0.4) is 0 Å². The van der Waals surface area contributed by atoms with Crippen LogP contribution in [-0.4, -0.2) is 51.7 Å². The summed E-state index contributed by atoms with van der Waals surface area (Å²) in [6.07, 6.45) is 6.24. The second kappa shape index (κ2) is 6.76. The number of thiophene rings is 1. The normalized spacial score (nSPS) is 40.0. The molecule has 5 nitrogen and oxygen atoms in total. The van der Waals surface area contributed by atoms with E-state index in [-0.39, 0.29) is 5.41 Å². The van der Waals surface area contributed by atoms with E-state index in [2.05, 4.69) is 59.4 Å². The van der Waals surface area contributed by atoms with E-state index in [1.165, 1.54) is 61.2 Å². The van der Waals surface area contributed by atoms with Gasteiger partial charge in [-0.15, -0.1) is 11.3 Å². The van der Waals surface area contributed by atoms with Gasteiger partial charge < -0.3 is 10.0 Å². The minimum absolute atomic E-state index is 0.208. The third-order valence-corrected chi connectivity index (χ3v) is 12.6. The van der Waals surface area contributed by atoms with Gasteiger partial charge in [-0.05, 0) is 104 Å². The van der Waals surface area contributed by atoms with Crippen molar-refractivity contribution in [3.05, 3.63) is 69.2 Å². The smallest absolute Gasteiger partial charge is 0.226 e. The Kier molecular flexibility index (Phi) is 3.92. The fraction of sp³-hybridized carbons (Fsp3) is 0.548. The van der Waals surface area contributed by atoms with Gasteiger partial charge in [0.05, 0.1) is 0 Å². The number of hydrogen-bond donors (Lipinski definition) is 1. The average molecular weight is 511 g/mol. The number of benzene rings is 1. The van der Waals surface area contributed by atoms with Crippen molar-refractivity contribution in [2.24, 2.45) is 22.7 Å². The first-order chi connectivity index (χ1) is 18.0. The van der Waals surface area contributed by atoms with Crippen LogP contribution in [0, 0.1) is 36.5 Å². The second-order valence-electron chi connectivity index (χ2n) is 13.0. The number of anilines is 1. The van der Waals surface area contributed by atoms with Crippen LogP contribution in [0.25, 0.3) is 0 Å². The molecule has 9 rings (SSSR count). The maximum absolute atomic E-state index is 10.7. The van der Waals surface area contributed by atoms with E-state index in [1.807, 2.05) is 17.4 Å². The first-order valence-electron chi connectivity index (χ1n) is 14.1. The van der Waals surface area contributed by atoms with Crippen LogP contribution in [0.4, 0.5) is 5.95 Å². The number of likely N-dealkylation sites (tertiary alicyclic amines) is 1. The molecule has 3 aromatic rings. The summed E-state index contributed by atoms with van der Waals surface area (Å²) in [5.74, 6) is 2.73. The molecule has 4 heterocycles. The van der Waals surface area contributed by atoms with Crippen molar-refractivity contribution in [2.45, 2.75) is 63.5 Å². The first-order valence-corrected chi connectivity index (χ1v) is 15.0. The molecule has 7 atom stereocenters. The number of fused-ring (bicyclic) bond motifs is 1. The highest BCUT2D eigenvalue weighted by molar-refractivity contribution is 7.09. The van der Waals surface area contributed by atoms with Crippen molar-refractivity contribution in [1.29, 1.82) is 0 Å². The SMILES string of the molecule is Cc1cc(C)nc(N2C[C@H]3CC45CCC2C3C42c3cc(O)ccc3CC23CN(CCc2cccs2)C53)n1. The van der Waals surface area contributed by atoms with Gasteiger partial charge in [-0.3, -0.25) is 4.90 Å². The van der Waals surface area contributed by atoms with Gasteiger partial charge >= 0.3 is 0 Å². The summed E-state index contributed by atoms with van der Waals surface area (Å²) in [7, 11) is 0. The first kappa shape index (κ1) is 21.5. The molecule has 2 aromatic heterocycles. The molecule has 1 aromatic carbocycles. The number of phenols is 1. The fourth-order valence-corrected chi connectivity index (χ4v) is 12.2. The predicted octanol–water partition coefficient (Wildman–Crippen LogP) is 4.89. The summed E-state index contributed by atoms with van der Waals surface area (Å²) in [4.78, 5) is 16.9. The van der Waals surface area contributed by atoms with Crippen LogP contribution in [0.15, 0.2) is 41.8 Å². The van der Waals surface area contributed by atoms with Crippen LogP contribution in [0.2, 0.25) is 0 Å². The molecule has 3 saturated carbocycles. The molecule has 37 heavy (non-hydrogen) atoms. The van der Waals surface area contributed by atoms with Gasteiger partial charge in [-0.25, -0.2) is 9.97 Å². The summed E-state index contributed by atoms with van der Waals surface area (Å²) in [5, 5.41) is 12.9. The molecule has 6 aliphatic rings. The molecule has 0 amide bonds. The molecule has 190 valence electrons. The lowest BCUT2D eigenvalue weighted by atomic mass is 9.27. The van der Waals surface area contributed by atoms with Crippen molar-refractivity contribution in [2.75, 3.05) is 24.5 Å². The predicted molar refractivity (Wildman–Crippen MR) is 145 cm³/mol. The summed E-state index contributed by atoms with van der Waals surface area (Å²) >= 11 is 1.90. The number of nitrogens with zero attached hydrogens (tertiary/aromatic N) is 4. The van der Waals surface area contributed by atoms with Crippen LogP contribution in [0.5, 0.6) is 5.75 Å². The lowest BCUT2D eigenvalue weighted by Gasteiger charge is -2.84. The van der Waals surface area contributed by atoms with E-state index in [4.69, 9.17) is 9.97 Å². The monoisotopic (exact) mass is 510 g/mol. The van der Waals surface area contributed by atoms with E-state index in [9.17, 15) is 5.11 Å². The number of aryl methyl sites for hydroxylation is 2. The van der Waals surface area contributed by atoms with Crippen molar-refractivity contribution in [1.82, 2.24) is 14.9 Å². The van der Waals surface area contributed by atoms with E-state index in [0.717, 1.165) is 23.9 Å². The van der Waals surface area contributed by atoms with E-state index < -0.39 is 0 Å². The molecule has 2 aliphatic heterocycles. The number of aromatic nitrogens is 2. The standard InChI is InChI=1S/C31H34N4OS/c1-18-12-19(2)33-28(32-18)35-16-21-15-29-9-7-25(35)26(21)31(29)24-13-22(36)6-5-20(24)14-30(31)17-34(27(29)30)10-8-23-4-3-11-37-23/h3-6,11-13,21,25-27,36H,7-10,14-17H2,1-2H3/t21-,25?,26?,27?,29?,30?,31?/m1/s1. The maximum Gasteiger partial charge on any atom is 0.226 e. The summed E-state index contributed by atoms with van der Waals surface area (Å²) < 4.78 is 0. The molecule has 5 fully saturated rings. The molecule has 2 spiro atoms. The summed E-state index contributed by atoms with van der Waals surface area (Å²) in [5.41, 5.74) is 6.09. The van der Waals surface area contributed by atoms with Crippen molar-refractivity contribution < 1.29 is 5.11 Å². The third-order valence-electron chi connectivity index (χ3n) is 11.7. The number of aromatic hydroxyl groups is 1. The zero-order valence-corrected chi connectivity index (χ0v) is 22.5. The van der Waals surface area contributed by atoms with Gasteiger partial charge in [-0.2, -0.15) is 0 Å². The Morgan fingerprint density at radius 1 is 1.11 bits per heavy atom. The van der Waals surface area contributed by atoms with Gasteiger partial charge in [0, 0.05) is 58.8 Å². The molecule has 6 unspecified atom stereocenters. The Balaban J connectivity index is 1.15. The van der Waals surface area contributed by atoms with Crippen LogP contribution in [-0.2, 0) is 18.3 Å². The van der Waals surface area contributed by atoms with Crippen LogP contribution >= 0.6 is 11.3 Å². The minimum Gasteiger partial charge on any atom is -0.508 e. The topological polar surface area (TPSA) is 52.5 Å². The minimum atomic E-state index is 0.208. The van der Waals surface area contributed by atoms with Crippen molar-refractivity contribution >= 4 is 17.3 Å². The molecule has 2 bridgehead atoms. The van der Waals surface area contributed by atoms with E-state index >= 15 is 0 Å². The number of rotatable bonds is 4. The maximum atomic E-state index is 10.7. The largest absolute Gasteiger partial charge is 0.508 e. The average Bonchev–Trinajstić information content (AvgIpc) is 3.56. The number of piperidine rings is 1. The van der Waals surface area contributed by atoms with Gasteiger partial charge in [0.2, 0.25) is 5.95 Å². The Labute approximate surface area is 222 Å². The van der Waals surface area contributed by atoms with Gasteiger partial charge in [0.15, 0.2) is 0 Å². The molecule has 0 radical (unpaired) electrons. The molecule has 2 saturated heterocycles. The zero-order chi connectivity index (χ0) is 24.7. The summed E-state index contributed by atoms with van der Waals surface area (Å²) in [6.45, 7) is 7.69. The van der Waals surface area contributed by atoms with Crippen LogP contribution < -0.4 is 4.90 Å². The Morgan fingerprint density at radius 3 is 2.78 bits per heavy atom. The molecular formula is C31H34N4OS. The molecular weight excluding hydrogens is 476 g/mol. The zero-order valence-electron chi connectivity index (χ0n) is 21.7. The lowest BCUT2D eigenvalue weighted by Crippen LogP contribution is -2.91. The fourth-order valence-electron chi connectivity index (χ4n) is 11.5. The Hall–Kier alpha value is -2.44. The van der Waals surface area contributed by atoms with E-state index in [0.29, 0.717) is 40.5 Å². The number of hydrogen-bond acceptors (Lipinski definition) is 6. The Morgan fingerprint density at radius 2 is 1.97 bits per heavy atom. The second-order valence-corrected chi connectivity index (χ2v) is 14.1. The van der Waals surface area contributed by atoms with Gasteiger partial charge in [0.1, 0.15) is 5.75 Å². The Bertz CT molecular complexity index is 1440. The lowest BCUT2D eigenvalue weighted by molar-refractivity contribution is -0.319. The van der Waals surface area contributed by atoms with Gasteiger partial charge in [0.25, 0.3) is 0 Å².